The maximum absolute atomic E-state index is 13.5. The Morgan fingerprint density at radius 2 is 2.00 bits per heavy atom. The number of carbonyl (C=O) groups is 1. The van der Waals surface area contributed by atoms with Crippen molar-refractivity contribution < 1.29 is 17.6 Å². The molecular weight excluding hydrogens is 271 g/mol. The highest BCUT2D eigenvalue weighted by molar-refractivity contribution is 7.89. The average Bonchev–Trinajstić information content (AvgIpc) is 2.29. The normalized spacial score (nSPS) is 11.4. The molecule has 0 saturated heterocycles. The second-order valence-corrected chi connectivity index (χ2v) is 5.88. The van der Waals surface area contributed by atoms with Crippen LogP contribution >= 0.6 is 0 Å². The van der Waals surface area contributed by atoms with E-state index >= 15 is 0 Å². The van der Waals surface area contributed by atoms with Gasteiger partial charge in [0.15, 0.2) is 0 Å². The van der Waals surface area contributed by atoms with E-state index in [2.05, 4.69) is 0 Å². The van der Waals surface area contributed by atoms with E-state index in [9.17, 15) is 17.6 Å². The molecule has 106 valence electrons. The van der Waals surface area contributed by atoms with E-state index in [0.717, 1.165) is 18.6 Å². The van der Waals surface area contributed by atoms with Gasteiger partial charge in [0.05, 0.1) is 4.90 Å². The smallest absolute Gasteiger partial charge is 0.254 e. The molecule has 0 radical (unpaired) electrons. The van der Waals surface area contributed by atoms with Crippen molar-refractivity contribution in [1.82, 2.24) is 4.90 Å². The van der Waals surface area contributed by atoms with Crippen molar-refractivity contribution in [2.75, 3.05) is 13.6 Å². The van der Waals surface area contributed by atoms with Crippen molar-refractivity contribution in [2.45, 2.75) is 25.2 Å². The SMILES string of the molecule is CCCN(C)C(=O)c1cc(F)cc(S(N)(=O)=O)c1C. The van der Waals surface area contributed by atoms with Crippen LogP contribution in [-0.4, -0.2) is 32.8 Å². The molecule has 2 N–H and O–H groups in total. The lowest BCUT2D eigenvalue weighted by Gasteiger charge is -2.18. The first-order chi connectivity index (χ1) is 8.68. The highest BCUT2D eigenvalue weighted by Gasteiger charge is 2.21. The molecule has 0 saturated carbocycles. The molecule has 0 aromatic heterocycles. The van der Waals surface area contributed by atoms with Crippen LogP contribution in [0.1, 0.15) is 29.3 Å². The number of hydrogen-bond donors (Lipinski definition) is 1. The van der Waals surface area contributed by atoms with Gasteiger partial charge in [-0.1, -0.05) is 6.92 Å². The fraction of sp³-hybridized carbons (Fsp3) is 0.417. The quantitative estimate of drug-likeness (QED) is 0.905. The molecule has 0 heterocycles. The van der Waals surface area contributed by atoms with E-state index in [1.165, 1.54) is 11.8 Å². The third-order valence-electron chi connectivity index (χ3n) is 2.77. The van der Waals surface area contributed by atoms with Gasteiger partial charge in [0.25, 0.3) is 5.91 Å². The van der Waals surface area contributed by atoms with E-state index in [0.29, 0.717) is 6.54 Å². The van der Waals surface area contributed by atoms with Gasteiger partial charge in [0.2, 0.25) is 10.0 Å². The molecule has 0 aliphatic rings. The van der Waals surface area contributed by atoms with Crippen molar-refractivity contribution in [1.29, 1.82) is 0 Å². The van der Waals surface area contributed by atoms with Gasteiger partial charge >= 0.3 is 0 Å². The highest BCUT2D eigenvalue weighted by Crippen LogP contribution is 2.21. The van der Waals surface area contributed by atoms with Crippen LogP contribution in [0.5, 0.6) is 0 Å². The van der Waals surface area contributed by atoms with Crippen molar-refractivity contribution in [2.24, 2.45) is 5.14 Å². The molecule has 1 rings (SSSR count). The third kappa shape index (κ3) is 3.51. The van der Waals surface area contributed by atoms with Crippen LogP contribution in [0.15, 0.2) is 17.0 Å². The number of benzene rings is 1. The zero-order chi connectivity index (χ0) is 14.8. The van der Waals surface area contributed by atoms with Crippen molar-refractivity contribution in [3.8, 4) is 0 Å². The van der Waals surface area contributed by atoms with Crippen molar-refractivity contribution >= 4 is 15.9 Å². The predicted octanol–water partition coefficient (Wildman–Crippen LogP) is 1.26. The van der Waals surface area contributed by atoms with Crippen LogP contribution in [0, 0.1) is 12.7 Å². The lowest BCUT2D eigenvalue weighted by atomic mass is 10.1. The first-order valence-electron chi connectivity index (χ1n) is 5.77. The fourth-order valence-corrected chi connectivity index (χ4v) is 2.63. The Labute approximate surface area is 112 Å². The van der Waals surface area contributed by atoms with Gasteiger partial charge in [0, 0.05) is 19.2 Å². The molecule has 0 atom stereocenters. The maximum Gasteiger partial charge on any atom is 0.254 e. The van der Waals surface area contributed by atoms with Crippen molar-refractivity contribution in [3.05, 3.63) is 29.1 Å². The third-order valence-corrected chi connectivity index (χ3v) is 3.80. The second kappa shape index (κ2) is 5.66. The van der Waals surface area contributed by atoms with Crippen molar-refractivity contribution in [3.63, 3.8) is 0 Å². The summed E-state index contributed by atoms with van der Waals surface area (Å²) in [5.74, 6) is -1.23. The summed E-state index contributed by atoms with van der Waals surface area (Å²) < 4.78 is 36.2. The number of sulfonamides is 1. The maximum atomic E-state index is 13.5. The Bertz CT molecular complexity index is 599. The van der Waals surface area contributed by atoms with Crippen LogP contribution in [-0.2, 0) is 10.0 Å². The molecule has 1 aromatic carbocycles. The minimum Gasteiger partial charge on any atom is -0.342 e. The number of nitrogens with two attached hydrogens (primary N) is 1. The summed E-state index contributed by atoms with van der Waals surface area (Å²) in [5, 5.41) is 5.01. The molecule has 0 spiro atoms. The second-order valence-electron chi connectivity index (χ2n) is 4.35. The first kappa shape index (κ1) is 15.6. The lowest BCUT2D eigenvalue weighted by Crippen LogP contribution is -2.29. The summed E-state index contributed by atoms with van der Waals surface area (Å²) in [6, 6.07) is 1.85. The lowest BCUT2D eigenvalue weighted by molar-refractivity contribution is 0.0793. The van der Waals surface area contributed by atoms with E-state index in [1.54, 1.807) is 7.05 Å². The Hall–Kier alpha value is -1.47. The van der Waals surface area contributed by atoms with Gasteiger partial charge in [-0.15, -0.1) is 0 Å². The van der Waals surface area contributed by atoms with Crippen LogP contribution in [0.4, 0.5) is 4.39 Å². The molecule has 1 amide bonds. The van der Waals surface area contributed by atoms with Gasteiger partial charge in [-0.2, -0.15) is 0 Å². The minimum atomic E-state index is -4.06. The summed E-state index contributed by atoms with van der Waals surface area (Å²) in [5.41, 5.74) is 0.178. The van der Waals surface area contributed by atoms with Gasteiger partial charge in [-0.25, -0.2) is 17.9 Å². The molecule has 1 aromatic rings. The number of rotatable bonds is 4. The van der Waals surface area contributed by atoms with Gasteiger partial charge < -0.3 is 4.90 Å². The number of amides is 1. The van der Waals surface area contributed by atoms with E-state index in [4.69, 9.17) is 5.14 Å². The molecule has 7 heteroatoms. The molecule has 0 bridgehead atoms. The minimum absolute atomic E-state index is 0.0139. The Morgan fingerprint density at radius 1 is 1.42 bits per heavy atom. The number of carbonyl (C=O) groups excluding carboxylic acids is 1. The van der Waals surface area contributed by atoms with Crippen LogP contribution < -0.4 is 5.14 Å². The molecular formula is C12H17FN2O3S. The molecule has 0 aliphatic heterocycles. The van der Waals surface area contributed by atoms with E-state index in [-0.39, 0.29) is 16.0 Å². The number of nitrogens with zero attached hydrogens (tertiary/aromatic N) is 1. The topological polar surface area (TPSA) is 80.5 Å². The summed E-state index contributed by atoms with van der Waals surface area (Å²) in [6.07, 6.45) is 0.749. The Kier molecular flexibility index (Phi) is 4.65. The standard InChI is InChI=1S/C12H17FN2O3S/c1-4-5-15(3)12(16)10-6-9(13)7-11(8(10)2)19(14,17)18/h6-7H,4-5H2,1-3H3,(H2,14,17,18). The highest BCUT2D eigenvalue weighted by atomic mass is 32.2. The first-order valence-corrected chi connectivity index (χ1v) is 7.31. The Morgan fingerprint density at radius 3 is 2.47 bits per heavy atom. The number of hydrogen-bond acceptors (Lipinski definition) is 3. The monoisotopic (exact) mass is 288 g/mol. The summed E-state index contributed by atoms with van der Waals surface area (Å²) in [7, 11) is -2.48. The number of primary sulfonamides is 1. The predicted molar refractivity (Wildman–Crippen MR) is 69.8 cm³/mol. The summed E-state index contributed by atoms with van der Waals surface area (Å²) >= 11 is 0. The van der Waals surface area contributed by atoms with Gasteiger partial charge in [0.1, 0.15) is 5.82 Å². The molecule has 0 unspecified atom stereocenters. The average molecular weight is 288 g/mol. The largest absolute Gasteiger partial charge is 0.342 e. The molecule has 0 fully saturated rings. The van der Waals surface area contributed by atoms with E-state index < -0.39 is 21.7 Å². The summed E-state index contributed by atoms with van der Waals surface area (Å²) in [4.78, 5) is 13.2. The fourth-order valence-electron chi connectivity index (χ4n) is 1.81. The van der Waals surface area contributed by atoms with Gasteiger partial charge in [-0.05, 0) is 31.0 Å². The van der Waals surface area contributed by atoms with Crippen LogP contribution in [0.3, 0.4) is 0 Å². The summed E-state index contributed by atoms with van der Waals surface area (Å²) in [6.45, 7) is 3.84. The van der Waals surface area contributed by atoms with E-state index in [1.807, 2.05) is 6.92 Å². The van der Waals surface area contributed by atoms with Gasteiger partial charge in [-0.3, -0.25) is 4.79 Å². The van der Waals surface area contributed by atoms with Crippen LogP contribution in [0.25, 0.3) is 0 Å². The zero-order valence-corrected chi connectivity index (χ0v) is 11.9. The zero-order valence-electron chi connectivity index (χ0n) is 11.1. The number of halogens is 1. The molecule has 0 aliphatic carbocycles. The molecule has 5 nitrogen and oxygen atoms in total. The Balaban J connectivity index is 3.38. The van der Waals surface area contributed by atoms with Crippen LogP contribution in [0.2, 0.25) is 0 Å². The molecule has 19 heavy (non-hydrogen) atoms.